The maximum atomic E-state index is 13.1. The predicted octanol–water partition coefficient (Wildman–Crippen LogP) is 2.72. The molecule has 3 aromatic heterocycles. The van der Waals surface area contributed by atoms with Gasteiger partial charge in [0, 0.05) is 31.1 Å². The van der Waals surface area contributed by atoms with Crippen LogP contribution in [0.4, 0.5) is 0 Å². The van der Waals surface area contributed by atoms with Crippen molar-refractivity contribution in [2.45, 2.75) is 25.9 Å². The highest BCUT2D eigenvalue weighted by Gasteiger charge is 2.28. The first-order valence-corrected chi connectivity index (χ1v) is 9.90. The summed E-state index contributed by atoms with van der Waals surface area (Å²) in [4.78, 5) is 20.1. The molecule has 1 aliphatic heterocycles. The fourth-order valence-corrected chi connectivity index (χ4v) is 4.17. The molecule has 8 nitrogen and oxygen atoms in total. The van der Waals surface area contributed by atoms with Crippen molar-refractivity contribution in [1.82, 2.24) is 24.6 Å². The Hall–Kier alpha value is -2.94. The lowest BCUT2D eigenvalue weighted by atomic mass is 10.1. The van der Waals surface area contributed by atoms with Gasteiger partial charge in [0.15, 0.2) is 5.13 Å². The van der Waals surface area contributed by atoms with Gasteiger partial charge in [0.25, 0.3) is 5.91 Å². The van der Waals surface area contributed by atoms with Gasteiger partial charge in [-0.1, -0.05) is 11.3 Å². The van der Waals surface area contributed by atoms with Crippen LogP contribution < -0.4 is 9.47 Å². The zero-order chi connectivity index (χ0) is 19.5. The molecule has 146 valence electrons. The number of carbonyl (C=O) groups excluding carboxylic acids is 1. The summed E-state index contributed by atoms with van der Waals surface area (Å²) >= 11 is 1.41. The molecule has 1 aliphatic rings. The van der Waals surface area contributed by atoms with Crippen LogP contribution >= 0.6 is 11.3 Å². The number of hydrogen-bond donors (Lipinski definition) is 0. The number of piperidine rings is 1. The van der Waals surface area contributed by atoms with Gasteiger partial charge in [0.1, 0.15) is 11.0 Å². The lowest BCUT2D eigenvalue weighted by Crippen LogP contribution is -2.44. The van der Waals surface area contributed by atoms with Gasteiger partial charge in [0.2, 0.25) is 11.8 Å². The van der Waals surface area contributed by atoms with Crippen molar-refractivity contribution in [2.75, 3.05) is 20.2 Å². The molecule has 0 spiro atoms. The van der Waals surface area contributed by atoms with Crippen LogP contribution in [0.1, 0.15) is 28.2 Å². The molecule has 0 bridgehead atoms. The van der Waals surface area contributed by atoms with Crippen molar-refractivity contribution in [2.24, 2.45) is 0 Å². The number of likely N-dealkylation sites (tertiary alicyclic amines) is 1. The summed E-state index contributed by atoms with van der Waals surface area (Å²) in [6.07, 6.45) is 5.48. The summed E-state index contributed by atoms with van der Waals surface area (Å²) in [6, 6.07) is 7.31. The van der Waals surface area contributed by atoms with Gasteiger partial charge < -0.3 is 18.9 Å². The number of methoxy groups -OCH3 is 1. The standard InChI is InChI=1S/C19H21N5O3S/c1-13-17(28-19(20-13)23-9-3-4-10-23)18(25)24-11-5-6-14(12-24)27-16-8-7-15(26-2)21-22-16/h3-4,7-10,14H,5-6,11-12H2,1-2H3. The van der Waals surface area contributed by atoms with Crippen LogP contribution in [0, 0.1) is 6.92 Å². The fourth-order valence-electron chi connectivity index (χ4n) is 3.17. The molecule has 1 amide bonds. The highest BCUT2D eigenvalue weighted by molar-refractivity contribution is 7.16. The molecule has 1 unspecified atom stereocenters. The van der Waals surface area contributed by atoms with E-state index in [1.165, 1.54) is 18.4 Å². The van der Waals surface area contributed by atoms with E-state index in [0.29, 0.717) is 29.7 Å². The first-order valence-electron chi connectivity index (χ1n) is 9.08. The molecule has 0 N–H and O–H groups in total. The van der Waals surface area contributed by atoms with E-state index in [1.807, 2.05) is 40.9 Å². The molecular weight excluding hydrogens is 378 g/mol. The van der Waals surface area contributed by atoms with Crippen molar-refractivity contribution < 1.29 is 14.3 Å². The number of amides is 1. The molecule has 3 aromatic rings. The molecule has 4 heterocycles. The summed E-state index contributed by atoms with van der Waals surface area (Å²) in [7, 11) is 1.54. The lowest BCUT2D eigenvalue weighted by molar-refractivity contribution is 0.0528. The van der Waals surface area contributed by atoms with Gasteiger partial charge in [-0.15, -0.1) is 10.2 Å². The van der Waals surface area contributed by atoms with Crippen molar-refractivity contribution in [1.29, 1.82) is 0 Å². The van der Waals surface area contributed by atoms with Gasteiger partial charge in [0.05, 0.1) is 19.3 Å². The average molecular weight is 399 g/mol. The summed E-state index contributed by atoms with van der Waals surface area (Å²) in [5.74, 6) is 0.874. The molecule has 1 fully saturated rings. The van der Waals surface area contributed by atoms with E-state index in [2.05, 4.69) is 15.2 Å². The van der Waals surface area contributed by atoms with Gasteiger partial charge >= 0.3 is 0 Å². The predicted molar refractivity (Wildman–Crippen MR) is 104 cm³/mol. The highest BCUT2D eigenvalue weighted by atomic mass is 32.1. The van der Waals surface area contributed by atoms with Crippen LogP contribution in [-0.2, 0) is 0 Å². The largest absolute Gasteiger partial charge is 0.480 e. The Labute approximate surface area is 166 Å². The van der Waals surface area contributed by atoms with Crippen LogP contribution in [0.2, 0.25) is 0 Å². The van der Waals surface area contributed by atoms with E-state index >= 15 is 0 Å². The second-order valence-electron chi connectivity index (χ2n) is 6.55. The minimum atomic E-state index is -0.113. The SMILES string of the molecule is COc1ccc(OC2CCCN(C(=O)c3sc(-n4cccc4)nc3C)C2)nn1. The second kappa shape index (κ2) is 7.97. The Morgan fingerprint density at radius 3 is 2.68 bits per heavy atom. The van der Waals surface area contributed by atoms with Gasteiger partial charge in [-0.3, -0.25) is 4.79 Å². The third-order valence-electron chi connectivity index (χ3n) is 4.58. The van der Waals surface area contributed by atoms with Crippen LogP contribution in [-0.4, -0.2) is 56.9 Å². The Balaban J connectivity index is 1.44. The second-order valence-corrected chi connectivity index (χ2v) is 7.53. The zero-order valence-corrected chi connectivity index (χ0v) is 16.6. The smallest absolute Gasteiger partial charge is 0.266 e. The topological polar surface area (TPSA) is 82.4 Å². The van der Waals surface area contributed by atoms with E-state index < -0.39 is 0 Å². The van der Waals surface area contributed by atoms with Crippen LogP contribution in [0.3, 0.4) is 0 Å². The first kappa shape index (κ1) is 18.4. The number of thiazole rings is 1. The quantitative estimate of drug-likeness (QED) is 0.656. The molecule has 1 saturated heterocycles. The molecule has 9 heteroatoms. The minimum Gasteiger partial charge on any atom is -0.480 e. The number of hydrogen-bond acceptors (Lipinski definition) is 7. The van der Waals surface area contributed by atoms with Gasteiger partial charge in [-0.25, -0.2) is 4.98 Å². The van der Waals surface area contributed by atoms with E-state index in [-0.39, 0.29) is 12.0 Å². The summed E-state index contributed by atoms with van der Waals surface area (Å²) in [5.41, 5.74) is 0.753. The maximum Gasteiger partial charge on any atom is 0.266 e. The average Bonchev–Trinajstić information content (AvgIpc) is 3.38. The Bertz CT molecular complexity index is 939. The zero-order valence-electron chi connectivity index (χ0n) is 15.7. The van der Waals surface area contributed by atoms with Crippen molar-refractivity contribution in [3.63, 3.8) is 0 Å². The van der Waals surface area contributed by atoms with Crippen LogP contribution in [0.15, 0.2) is 36.7 Å². The van der Waals surface area contributed by atoms with Crippen LogP contribution in [0.5, 0.6) is 11.8 Å². The monoisotopic (exact) mass is 399 g/mol. The fraction of sp³-hybridized carbons (Fsp3) is 0.368. The number of aromatic nitrogens is 4. The summed E-state index contributed by atoms with van der Waals surface area (Å²) in [5, 5.41) is 8.72. The number of ether oxygens (including phenoxy) is 2. The normalized spacial score (nSPS) is 16.8. The Morgan fingerprint density at radius 2 is 1.96 bits per heavy atom. The van der Waals surface area contributed by atoms with Crippen LogP contribution in [0.25, 0.3) is 5.13 Å². The van der Waals surface area contributed by atoms with Gasteiger partial charge in [-0.05, 0) is 31.9 Å². The molecule has 0 aliphatic carbocycles. The summed E-state index contributed by atoms with van der Waals surface area (Å²) < 4.78 is 12.8. The number of carbonyl (C=O) groups is 1. The molecular formula is C19H21N5O3S. The number of aryl methyl sites for hydroxylation is 1. The molecule has 4 rings (SSSR count). The number of rotatable bonds is 5. The maximum absolute atomic E-state index is 13.1. The molecule has 0 aromatic carbocycles. The van der Waals surface area contributed by atoms with E-state index in [9.17, 15) is 4.79 Å². The van der Waals surface area contributed by atoms with E-state index in [1.54, 1.807) is 12.1 Å². The molecule has 0 radical (unpaired) electrons. The van der Waals surface area contributed by atoms with Crippen molar-refractivity contribution >= 4 is 17.2 Å². The van der Waals surface area contributed by atoms with Crippen molar-refractivity contribution in [3.8, 4) is 16.9 Å². The Morgan fingerprint density at radius 1 is 1.21 bits per heavy atom. The van der Waals surface area contributed by atoms with Gasteiger partial charge in [-0.2, -0.15) is 0 Å². The van der Waals surface area contributed by atoms with Crippen molar-refractivity contribution in [3.05, 3.63) is 47.2 Å². The number of nitrogens with zero attached hydrogens (tertiary/aromatic N) is 5. The molecule has 1 atom stereocenters. The third kappa shape index (κ3) is 3.84. The lowest BCUT2D eigenvalue weighted by Gasteiger charge is -2.32. The van der Waals surface area contributed by atoms with E-state index in [4.69, 9.17) is 9.47 Å². The molecule has 28 heavy (non-hydrogen) atoms. The van der Waals surface area contributed by atoms with E-state index in [0.717, 1.165) is 23.7 Å². The summed E-state index contributed by atoms with van der Waals surface area (Å²) in [6.45, 7) is 3.10. The first-order chi connectivity index (χ1) is 13.6. The third-order valence-corrected chi connectivity index (χ3v) is 5.74. The Kier molecular flexibility index (Phi) is 5.25. The molecule has 0 saturated carbocycles. The minimum absolute atomic E-state index is 0.00233. The highest BCUT2D eigenvalue weighted by Crippen LogP contribution is 2.25.